The monoisotopic (exact) mass is 291 g/mol. The number of hydrogen-bond donors (Lipinski definition) is 1. The van der Waals surface area contributed by atoms with E-state index in [1.165, 1.54) is 5.56 Å². The van der Waals surface area contributed by atoms with E-state index in [1.54, 1.807) is 7.11 Å². The Bertz CT molecular complexity index is 490. The zero-order valence-corrected chi connectivity index (χ0v) is 13.1. The van der Waals surface area contributed by atoms with E-state index < -0.39 is 6.04 Å². The Kier molecular flexibility index (Phi) is 5.20. The number of carbonyl (C=O) groups is 1. The van der Waals surface area contributed by atoms with Crippen molar-refractivity contribution in [2.75, 3.05) is 39.3 Å². The molecule has 5 heteroatoms. The predicted molar refractivity (Wildman–Crippen MR) is 84.3 cm³/mol. The molecule has 0 spiro atoms. The first-order chi connectivity index (χ1) is 10.0. The van der Waals surface area contributed by atoms with E-state index >= 15 is 0 Å². The van der Waals surface area contributed by atoms with Crippen molar-refractivity contribution in [3.05, 3.63) is 29.8 Å². The molecule has 1 aliphatic heterocycles. The molecule has 0 saturated carbocycles. The van der Waals surface area contributed by atoms with Crippen LogP contribution in [0.2, 0.25) is 0 Å². The summed E-state index contributed by atoms with van der Waals surface area (Å²) in [4.78, 5) is 16.4. The van der Waals surface area contributed by atoms with Crippen molar-refractivity contribution in [2.45, 2.75) is 24.9 Å². The molecule has 2 unspecified atom stereocenters. The Balaban J connectivity index is 2.18. The molecule has 1 saturated heterocycles. The zero-order valence-electron chi connectivity index (χ0n) is 13.1. The fourth-order valence-electron chi connectivity index (χ4n) is 2.85. The molecule has 0 bridgehead atoms. The molecule has 2 atom stereocenters. The third kappa shape index (κ3) is 3.54. The average Bonchev–Trinajstić information content (AvgIpc) is 2.96. The number of hydrogen-bond acceptors (Lipinski definition) is 4. The Labute approximate surface area is 126 Å². The third-order valence-corrected chi connectivity index (χ3v) is 3.97. The van der Waals surface area contributed by atoms with E-state index in [2.05, 4.69) is 23.1 Å². The number of nitrogens with two attached hydrogens (primary N) is 1. The SMILES string of the molecule is COCC(N)C(=O)N1CCCC1c1cccc(N(C)C)c1. The van der Waals surface area contributed by atoms with Gasteiger partial charge >= 0.3 is 0 Å². The topological polar surface area (TPSA) is 58.8 Å². The fourth-order valence-corrected chi connectivity index (χ4v) is 2.85. The smallest absolute Gasteiger partial charge is 0.242 e. The average molecular weight is 291 g/mol. The summed E-state index contributed by atoms with van der Waals surface area (Å²) in [5, 5.41) is 0. The van der Waals surface area contributed by atoms with Gasteiger partial charge in [0.15, 0.2) is 0 Å². The molecule has 1 heterocycles. The van der Waals surface area contributed by atoms with Gasteiger partial charge in [-0.2, -0.15) is 0 Å². The molecule has 21 heavy (non-hydrogen) atoms. The van der Waals surface area contributed by atoms with Crippen LogP contribution >= 0.6 is 0 Å². The van der Waals surface area contributed by atoms with Gasteiger partial charge in [-0.25, -0.2) is 0 Å². The van der Waals surface area contributed by atoms with Crippen molar-refractivity contribution < 1.29 is 9.53 Å². The van der Waals surface area contributed by atoms with Gasteiger partial charge < -0.3 is 20.3 Å². The third-order valence-electron chi connectivity index (χ3n) is 3.97. The van der Waals surface area contributed by atoms with Crippen LogP contribution in [-0.2, 0) is 9.53 Å². The molecule has 116 valence electrons. The Morgan fingerprint density at radius 2 is 2.29 bits per heavy atom. The number of rotatable bonds is 5. The second-order valence-electron chi connectivity index (χ2n) is 5.74. The number of likely N-dealkylation sites (tertiary alicyclic amines) is 1. The molecule has 1 aromatic rings. The van der Waals surface area contributed by atoms with Gasteiger partial charge in [0.1, 0.15) is 6.04 Å². The van der Waals surface area contributed by atoms with Gasteiger partial charge in [0.25, 0.3) is 0 Å². The molecule has 2 N–H and O–H groups in total. The summed E-state index contributed by atoms with van der Waals surface area (Å²) in [6.45, 7) is 1.03. The second-order valence-corrected chi connectivity index (χ2v) is 5.74. The lowest BCUT2D eigenvalue weighted by molar-refractivity contribution is -0.134. The van der Waals surface area contributed by atoms with Crippen molar-refractivity contribution in [3.8, 4) is 0 Å². The van der Waals surface area contributed by atoms with Crippen molar-refractivity contribution >= 4 is 11.6 Å². The minimum absolute atomic E-state index is 0.0189. The molecule has 2 rings (SSSR count). The maximum absolute atomic E-state index is 12.4. The normalized spacial score (nSPS) is 19.6. The van der Waals surface area contributed by atoms with Crippen LogP contribution in [0.4, 0.5) is 5.69 Å². The van der Waals surface area contributed by atoms with E-state index in [0.29, 0.717) is 0 Å². The molecule has 0 radical (unpaired) electrons. The van der Waals surface area contributed by atoms with Crippen LogP contribution in [0.1, 0.15) is 24.4 Å². The van der Waals surface area contributed by atoms with Crippen LogP contribution in [0.5, 0.6) is 0 Å². The number of nitrogens with zero attached hydrogens (tertiary/aromatic N) is 2. The molecule has 0 aliphatic carbocycles. The first-order valence-corrected chi connectivity index (χ1v) is 7.37. The predicted octanol–water partition coefficient (Wildman–Crippen LogP) is 1.39. The van der Waals surface area contributed by atoms with Gasteiger partial charge in [-0.1, -0.05) is 12.1 Å². The number of benzene rings is 1. The van der Waals surface area contributed by atoms with Crippen LogP contribution < -0.4 is 10.6 Å². The van der Waals surface area contributed by atoms with E-state index in [4.69, 9.17) is 10.5 Å². The molecule has 1 amide bonds. The first kappa shape index (κ1) is 15.8. The second kappa shape index (κ2) is 6.91. The highest BCUT2D eigenvalue weighted by Gasteiger charge is 2.32. The largest absolute Gasteiger partial charge is 0.383 e. The molecule has 0 aromatic heterocycles. The molecule has 1 aromatic carbocycles. The summed E-state index contributed by atoms with van der Waals surface area (Å²) in [5.74, 6) is -0.0189. The molecule has 1 fully saturated rings. The summed E-state index contributed by atoms with van der Waals surface area (Å²) in [7, 11) is 5.60. The van der Waals surface area contributed by atoms with Gasteiger partial charge in [0.2, 0.25) is 5.91 Å². The molecule has 1 aliphatic rings. The summed E-state index contributed by atoms with van der Waals surface area (Å²) in [6, 6.07) is 7.90. The van der Waals surface area contributed by atoms with E-state index in [9.17, 15) is 4.79 Å². The lowest BCUT2D eigenvalue weighted by Crippen LogP contribution is -2.45. The van der Waals surface area contributed by atoms with Crippen molar-refractivity contribution in [2.24, 2.45) is 5.73 Å². The van der Waals surface area contributed by atoms with Gasteiger partial charge in [-0.05, 0) is 30.5 Å². The molecule has 5 nitrogen and oxygen atoms in total. The minimum Gasteiger partial charge on any atom is -0.383 e. The van der Waals surface area contributed by atoms with E-state index in [1.807, 2.05) is 25.1 Å². The maximum atomic E-state index is 12.4. The highest BCUT2D eigenvalue weighted by Crippen LogP contribution is 2.33. The van der Waals surface area contributed by atoms with Gasteiger partial charge in [-0.15, -0.1) is 0 Å². The molecular weight excluding hydrogens is 266 g/mol. The Morgan fingerprint density at radius 1 is 1.52 bits per heavy atom. The minimum atomic E-state index is -0.576. The summed E-state index contributed by atoms with van der Waals surface area (Å²) >= 11 is 0. The van der Waals surface area contributed by atoms with E-state index in [-0.39, 0.29) is 18.6 Å². The standard InChI is InChI=1S/C16H25N3O2/c1-18(2)13-7-4-6-12(10-13)15-8-5-9-19(15)16(20)14(17)11-21-3/h4,6-7,10,14-15H,5,8-9,11,17H2,1-3H3. The zero-order chi connectivity index (χ0) is 15.4. The quantitative estimate of drug-likeness (QED) is 0.890. The highest BCUT2D eigenvalue weighted by molar-refractivity contribution is 5.82. The van der Waals surface area contributed by atoms with Gasteiger partial charge in [0.05, 0.1) is 12.6 Å². The lowest BCUT2D eigenvalue weighted by atomic mass is 10.0. The van der Waals surface area contributed by atoms with E-state index in [0.717, 1.165) is 25.1 Å². The Morgan fingerprint density at radius 3 is 2.95 bits per heavy atom. The van der Waals surface area contributed by atoms with Crippen LogP contribution in [0.3, 0.4) is 0 Å². The lowest BCUT2D eigenvalue weighted by Gasteiger charge is -2.28. The van der Waals surface area contributed by atoms with Crippen molar-refractivity contribution in [3.63, 3.8) is 0 Å². The number of methoxy groups -OCH3 is 1. The highest BCUT2D eigenvalue weighted by atomic mass is 16.5. The number of amides is 1. The van der Waals surface area contributed by atoms with Gasteiger partial charge in [0, 0.05) is 33.4 Å². The summed E-state index contributed by atoms with van der Waals surface area (Å²) in [5.41, 5.74) is 8.23. The number of anilines is 1. The van der Waals surface area contributed by atoms with Crippen LogP contribution in [0.15, 0.2) is 24.3 Å². The maximum Gasteiger partial charge on any atom is 0.242 e. The van der Waals surface area contributed by atoms with Crippen molar-refractivity contribution in [1.29, 1.82) is 0 Å². The van der Waals surface area contributed by atoms with Crippen LogP contribution in [-0.4, -0.2) is 51.2 Å². The van der Waals surface area contributed by atoms with Crippen LogP contribution in [0, 0.1) is 0 Å². The molecular formula is C16H25N3O2. The van der Waals surface area contributed by atoms with Gasteiger partial charge in [-0.3, -0.25) is 4.79 Å². The number of carbonyl (C=O) groups excluding carboxylic acids is 1. The fraction of sp³-hybridized carbons (Fsp3) is 0.562. The first-order valence-electron chi connectivity index (χ1n) is 7.37. The number of ether oxygens (including phenoxy) is 1. The van der Waals surface area contributed by atoms with Crippen LogP contribution in [0.25, 0.3) is 0 Å². The Hall–Kier alpha value is -1.59. The summed E-state index contributed by atoms with van der Waals surface area (Å²) in [6.07, 6.45) is 2.00. The summed E-state index contributed by atoms with van der Waals surface area (Å²) < 4.78 is 5.00. The van der Waals surface area contributed by atoms with Crippen molar-refractivity contribution in [1.82, 2.24) is 4.90 Å².